The van der Waals surface area contributed by atoms with E-state index in [-0.39, 0.29) is 6.42 Å². The van der Waals surface area contributed by atoms with Gasteiger partial charge in [0.25, 0.3) is 0 Å². The number of amides is 2. The molecule has 0 radical (unpaired) electrons. The van der Waals surface area contributed by atoms with Crippen molar-refractivity contribution >= 4 is 17.5 Å². The summed E-state index contributed by atoms with van der Waals surface area (Å²) in [7, 11) is 0. The molecule has 1 aromatic rings. The Kier molecular flexibility index (Phi) is 3.61. The van der Waals surface area contributed by atoms with Gasteiger partial charge >= 0.3 is 0 Å². The lowest BCUT2D eigenvalue weighted by molar-refractivity contribution is -0.123. The molecule has 1 rings (SSSR count). The van der Waals surface area contributed by atoms with Crippen molar-refractivity contribution in [3.63, 3.8) is 0 Å². The number of nitrogens with two attached hydrogens (primary N) is 2. The number of aromatic nitrogens is 1. The fraction of sp³-hybridized carbons (Fsp3) is 0.222. The van der Waals surface area contributed by atoms with Gasteiger partial charge in [-0.3, -0.25) is 14.6 Å². The van der Waals surface area contributed by atoms with E-state index in [1.54, 1.807) is 24.5 Å². The zero-order valence-electron chi connectivity index (χ0n) is 8.01. The van der Waals surface area contributed by atoms with Crippen LogP contribution >= 0.6 is 0 Å². The van der Waals surface area contributed by atoms with Gasteiger partial charge in [-0.25, -0.2) is 0 Å². The number of hydrogen-bond donors (Lipinski definition) is 3. The van der Waals surface area contributed by atoms with Crippen LogP contribution in [0.4, 0.5) is 5.69 Å². The number of nitrogens with one attached hydrogen (secondary N) is 1. The molecule has 2 amide bonds. The van der Waals surface area contributed by atoms with Crippen LogP contribution in [0.5, 0.6) is 0 Å². The van der Waals surface area contributed by atoms with Crippen LogP contribution in [0.3, 0.4) is 0 Å². The topological polar surface area (TPSA) is 111 Å². The first-order valence-electron chi connectivity index (χ1n) is 4.34. The predicted octanol–water partition coefficient (Wildman–Crippen LogP) is -0.777. The molecule has 0 aliphatic heterocycles. The summed E-state index contributed by atoms with van der Waals surface area (Å²) in [5.74, 6) is -1.20. The molecule has 0 aromatic carbocycles. The van der Waals surface area contributed by atoms with E-state index < -0.39 is 17.9 Å². The number of anilines is 1. The largest absolute Gasteiger partial charge is 0.373 e. The molecule has 80 valence electrons. The zero-order valence-corrected chi connectivity index (χ0v) is 8.01. The van der Waals surface area contributed by atoms with E-state index in [2.05, 4.69) is 10.3 Å². The fourth-order valence-electron chi connectivity index (χ4n) is 1.07. The molecule has 0 fully saturated rings. The molecule has 6 heteroatoms. The van der Waals surface area contributed by atoms with E-state index in [9.17, 15) is 9.59 Å². The number of pyridine rings is 1. The molecule has 6 nitrogen and oxygen atoms in total. The summed E-state index contributed by atoms with van der Waals surface area (Å²) < 4.78 is 0. The summed E-state index contributed by atoms with van der Waals surface area (Å²) in [5.41, 5.74) is 10.8. The van der Waals surface area contributed by atoms with Crippen molar-refractivity contribution in [2.24, 2.45) is 11.5 Å². The van der Waals surface area contributed by atoms with Crippen LogP contribution in [0, 0.1) is 0 Å². The summed E-state index contributed by atoms with van der Waals surface area (Å²) in [6.07, 6.45) is 2.99. The Balaban J connectivity index is 2.67. The van der Waals surface area contributed by atoms with Crippen molar-refractivity contribution in [2.45, 2.75) is 12.5 Å². The zero-order chi connectivity index (χ0) is 11.3. The van der Waals surface area contributed by atoms with Crippen LogP contribution in [0.1, 0.15) is 6.42 Å². The third kappa shape index (κ3) is 3.63. The number of hydrogen-bond acceptors (Lipinski definition) is 4. The molecule has 1 atom stereocenters. The summed E-state index contributed by atoms with van der Waals surface area (Å²) in [6.45, 7) is 0. The van der Waals surface area contributed by atoms with E-state index in [1.165, 1.54) is 0 Å². The van der Waals surface area contributed by atoms with Crippen molar-refractivity contribution in [3.05, 3.63) is 24.5 Å². The van der Waals surface area contributed by atoms with Crippen LogP contribution in [0.2, 0.25) is 0 Å². The molecule has 0 aliphatic carbocycles. The maximum atomic E-state index is 11.0. The third-order valence-corrected chi connectivity index (χ3v) is 1.77. The van der Waals surface area contributed by atoms with Gasteiger partial charge in [-0.15, -0.1) is 0 Å². The lowest BCUT2D eigenvalue weighted by Crippen LogP contribution is -2.38. The Morgan fingerprint density at radius 1 is 1.33 bits per heavy atom. The van der Waals surface area contributed by atoms with Crippen LogP contribution in [-0.4, -0.2) is 22.8 Å². The smallest absolute Gasteiger partial charge is 0.240 e. The van der Waals surface area contributed by atoms with Gasteiger partial charge in [0.1, 0.15) is 6.04 Å². The Labute approximate surface area is 86.7 Å². The van der Waals surface area contributed by atoms with Gasteiger partial charge < -0.3 is 16.8 Å². The average Bonchev–Trinajstić information content (AvgIpc) is 2.17. The van der Waals surface area contributed by atoms with Crippen molar-refractivity contribution in [3.8, 4) is 0 Å². The molecular weight excluding hydrogens is 196 g/mol. The highest BCUT2D eigenvalue weighted by molar-refractivity contribution is 5.88. The molecular formula is C9H12N4O2. The van der Waals surface area contributed by atoms with Gasteiger partial charge in [0.15, 0.2) is 0 Å². The molecule has 5 N–H and O–H groups in total. The first-order chi connectivity index (χ1) is 7.09. The van der Waals surface area contributed by atoms with Crippen molar-refractivity contribution in [1.82, 2.24) is 4.98 Å². The van der Waals surface area contributed by atoms with E-state index in [0.717, 1.165) is 0 Å². The number of primary amides is 2. The second kappa shape index (κ2) is 4.94. The highest BCUT2D eigenvalue weighted by atomic mass is 16.2. The first-order valence-corrected chi connectivity index (χ1v) is 4.34. The van der Waals surface area contributed by atoms with Crippen molar-refractivity contribution in [2.75, 3.05) is 5.32 Å². The standard InChI is InChI=1S/C9H12N4O2/c10-8(14)5-7(9(11)15)13-6-1-3-12-4-2-6/h1-4,7H,5H2,(H2,10,14)(H2,11,15)(H,12,13). The quantitative estimate of drug-likeness (QED) is 0.589. The monoisotopic (exact) mass is 208 g/mol. The molecule has 0 spiro atoms. The Morgan fingerprint density at radius 2 is 1.93 bits per heavy atom. The van der Waals surface area contributed by atoms with Crippen LogP contribution in [0.25, 0.3) is 0 Å². The average molecular weight is 208 g/mol. The summed E-state index contributed by atoms with van der Waals surface area (Å²) >= 11 is 0. The minimum absolute atomic E-state index is 0.127. The van der Waals surface area contributed by atoms with Crippen LogP contribution in [0.15, 0.2) is 24.5 Å². The van der Waals surface area contributed by atoms with E-state index >= 15 is 0 Å². The number of carbonyl (C=O) groups is 2. The Morgan fingerprint density at radius 3 is 2.40 bits per heavy atom. The summed E-state index contributed by atoms with van der Waals surface area (Å²) in [6, 6.07) is 2.54. The van der Waals surface area contributed by atoms with E-state index in [1.807, 2.05) is 0 Å². The SMILES string of the molecule is NC(=O)CC(Nc1ccncc1)C(N)=O. The Hall–Kier alpha value is -2.11. The molecule has 1 heterocycles. The second-order valence-corrected chi connectivity index (χ2v) is 3.01. The maximum absolute atomic E-state index is 11.0. The maximum Gasteiger partial charge on any atom is 0.240 e. The van der Waals surface area contributed by atoms with Gasteiger partial charge in [0.2, 0.25) is 11.8 Å². The van der Waals surface area contributed by atoms with E-state index in [0.29, 0.717) is 5.69 Å². The van der Waals surface area contributed by atoms with Crippen LogP contribution < -0.4 is 16.8 Å². The van der Waals surface area contributed by atoms with Crippen LogP contribution in [-0.2, 0) is 9.59 Å². The minimum Gasteiger partial charge on any atom is -0.373 e. The molecule has 0 aliphatic rings. The van der Waals surface area contributed by atoms with Gasteiger partial charge in [-0.05, 0) is 12.1 Å². The third-order valence-electron chi connectivity index (χ3n) is 1.77. The molecule has 1 aromatic heterocycles. The molecule has 15 heavy (non-hydrogen) atoms. The van der Waals surface area contributed by atoms with E-state index in [4.69, 9.17) is 11.5 Å². The van der Waals surface area contributed by atoms with Gasteiger partial charge in [-0.2, -0.15) is 0 Å². The highest BCUT2D eigenvalue weighted by Crippen LogP contribution is 2.07. The number of nitrogens with zero attached hydrogens (tertiary/aromatic N) is 1. The van der Waals surface area contributed by atoms with Gasteiger partial charge in [-0.1, -0.05) is 0 Å². The number of carbonyl (C=O) groups excluding carboxylic acids is 2. The van der Waals surface area contributed by atoms with Crippen molar-refractivity contribution in [1.29, 1.82) is 0 Å². The first kappa shape index (κ1) is 11.0. The second-order valence-electron chi connectivity index (χ2n) is 3.01. The lowest BCUT2D eigenvalue weighted by atomic mass is 10.2. The van der Waals surface area contributed by atoms with Crippen molar-refractivity contribution < 1.29 is 9.59 Å². The normalized spacial score (nSPS) is 11.7. The molecule has 0 saturated heterocycles. The molecule has 1 unspecified atom stereocenters. The number of rotatable bonds is 5. The summed E-state index contributed by atoms with van der Waals surface area (Å²) in [4.78, 5) is 25.5. The summed E-state index contributed by atoms with van der Waals surface area (Å²) in [5, 5.41) is 2.79. The predicted molar refractivity (Wildman–Crippen MR) is 54.7 cm³/mol. The lowest BCUT2D eigenvalue weighted by Gasteiger charge is -2.14. The van der Waals surface area contributed by atoms with Gasteiger partial charge in [0.05, 0.1) is 6.42 Å². The minimum atomic E-state index is -0.787. The Bertz CT molecular complexity index is 352. The molecule has 0 bridgehead atoms. The fourth-order valence-corrected chi connectivity index (χ4v) is 1.07. The molecule has 0 saturated carbocycles. The van der Waals surface area contributed by atoms with Gasteiger partial charge in [0, 0.05) is 18.1 Å². The highest BCUT2D eigenvalue weighted by Gasteiger charge is 2.17.